The topological polar surface area (TPSA) is 96.6 Å². The van der Waals surface area contributed by atoms with Crippen molar-refractivity contribution in [3.8, 4) is 23.0 Å². The van der Waals surface area contributed by atoms with Gasteiger partial charge in [-0.15, -0.1) is 0 Å². The molecular weight excluding hydrogens is 474 g/mol. The maximum absolute atomic E-state index is 13.0. The summed E-state index contributed by atoms with van der Waals surface area (Å²) in [6.45, 7) is 4.01. The number of benzene rings is 4. The van der Waals surface area contributed by atoms with Gasteiger partial charge >= 0.3 is 0 Å². The zero-order chi connectivity index (χ0) is 25.4. The number of rotatable bonds is 4. The molecule has 180 valence electrons. The van der Waals surface area contributed by atoms with Crippen molar-refractivity contribution < 1.29 is 19.1 Å². The number of hydrogen-bond donors (Lipinski definition) is 3. The van der Waals surface area contributed by atoms with Gasteiger partial charge in [-0.3, -0.25) is 10.1 Å². The van der Waals surface area contributed by atoms with Gasteiger partial charge in [-0.05, 0) is 90.4 Å². The van der Waals surface area contributed by atoms with Crippen LogP contribution in [0.3, 0.4) is 0 Å². The van der Waals surface area contributed by atoms with E-state index in [0.717, 1.165) is 21.9 Å². The summed E-state index contributed by atoms with van der Waals surface area (Å²) in [5.41, 5.74) is 4.85. The third-order valence-electron chi connectivity index (χ3n) is 6.03. The number of methoxy groups -OCH3 is 1. The number of fused-ring (bicyclic) bond motifs is 2. The molecule has 1 aromatic heterocycles. The van der Waals surface area contributed by atoms with E-state index in [1.165, 1.54) is 13.2 Å². The first kappa shape index (κ1) is 23.3. The van der Waals surface area contributed by atoms with E-state index >= 15 is 0 Å². The minimum atomic E-state index is -0.404. The van der Waals surface area contributed by atoms with Crippen molar-refractivity contribution >= 4 is 50.8 Å². The van der Waals surface area contributed by atoms with Crippen molar-refractivity contribution in [2.45, 2.75) is 13.8 Å². The van der Waals surface area contributed by atoms with Crippen molar-refractivity contribution in [3.05, 3.63) is 83.4 Å². The number of amides is 1. The zero-order valence-corrected chi connectivity index (χ0v) is 20.7. The van der Waals surface area contributed by atoms with Crippen LogP contribution in [0.1, 0.15) is 21.5 Å². The van der Waals surface area contributed by atoms with Crippen LogP contribution < -0.4 is 15.4 Å². The van der Waals surface area contributed by atoms with Crippen LogP contribution in [0.4, 0.5) is 5.69 Å². The maximum atomic E-state index is 13.0. The molecule has 0 aliphatic carbocycles. The average molecular weight is 498 g/mol. The highest BCUT2D eigenvalue weighted by atomic mass is 32.1. The van der Waals surface area contributed by atoms with Gasteiger partial charge in [0.1, 0.15) is 17.0 Å². The summed E-state index contributed by atoms with van der Waals surface area (Å²) in [5.74, 6) is 0.338. The molecule has 0 aliphatic heterocycles. The molecule has 0 unspecified atom stereocenters. The second-order valence-electron chi connectivity index (χ2n) is 8.46. The van der Waals surface area contributed by atoms with Crippen molar-refractivity contribution in [1.29, 1.82) is 0 Å². The molecule has 0 spiro atoms. The van der Waals surface area contributed by atoms with Crippen molar-refractivity contribution in [2.24, 2.45) is 0 Å². The minimum Gasteiger partial charge on any atom is -0.507 e. The SMILES string of the molecule is COc1cc2ccccc2cc1C(=O)NC(=S)Nc1ccc(O)c(-c2nc3cc(C)c(C)cc3o2)c1. The Balaban J connectivity index is 1.37. The van der Waals surface area contributed by atoms with Crippen LogP contribution in [-0.4, -0.2) is 28.2 Å². The lowest BCUT2D eigenvalue weighted by Crippen LogP contribution is -2.34. The number of ether oxygens (including phenoxy) is 1. The van der Waals surface area contributed by atoms with Crippen LogP contribution >= 0.6 is 12.2 Å². The summed E-state index contributed by atoms with van der Waals surface area (Å²) in [4.78, 5) is 17.5. The molecule has 0 bridgehead atoms. The second-order valence-corrected chi connectivity index (χ2v) is 8.87. The number of aromatic nitrogens is 1. The number of phenolic OH excluding ortho intramolecular Hbond substituents is 1. The van der Waals surface area contributed by atoms with E-state index in [0.29, 0.717) is 33.7 Å². The third kappa shape index (κ3) is 4.46. The second kappa shape index (κ2) is 9.31. The standard InChI is InChI=1S/C28H23N3O4S/c1-15-10-22-25(11-16(15)2)35-27(30-22)20-14-19(8-9-23(20)32)29-28(36)31-26(33)21-12-17-6-4-5-7-18(17)13-24(21)34-3/h4-14,32H,1-3H3,(H2,29,31,33,36). The van der Waals surface area contributed by atoms with Crippen LogP contribution in [0.25, 0.3) is 33.3 Å². The summed E-state index contributed by atoms with van der Waals surface area (Å²) < 4.78 is 11.3. The maximum Gasteiger partial charge on any atom is 0.261 e. The quantitative estimate of drug-likeness (QED) is 0.204. The van der Waals surface area contributed by atoms with Gasteiger partial charge in [0.05, 0.1) is 18.2 Å². The number of nitrogens with one attached hydrogen (secondary N) is 2. The van der Waals surface area contributed by atoms with E-state index in [2.05, 4.69) is 15.6 Å². The minimum absolute atomic E-state index is 0.0106. The van der Waals surface area contributed by atoms with Crippen LogP contribution in [0.5, 0.6) is 11.5 Å². The van der Waals surface area contributed by atoms with Gasteiger partial charge in [0.2, 0.25) is 5.89 Å². The number of anilines is 1. The Kier molecular flexibility index (Phi) is 6.03. The fourth-order valence-corrected chi connectivity index (χ4v) is 4.19. The van der Waals surface area contributed by atoms with E-state index < -0.39 is 5.91 Å². The first-order valence-electron chi connectivity index (χ1n) is 11.2. The molecule has 0 radical (unpaired) electrons. The zero-order valence-electron chi connectivity index (χ0n) is 19.9. The molecule has 36 heavy (non-hydrogen) atoms. The molecular formula is C28H23N3O4S. The molecule has 0 atom stereocenters. The van der Waals surface area contributed by atoms with Crippen molar-refractivity contribution in [3.63, 3.8) is 0 Å². The van der Waals surface area contributed by atoms with Gasteiger partial charge in [-0.1, -0.05) is 24.3 Å². The largest absolute Gasteiger partial charge is 0.507 e. The number of aryl methyl sites for hydroxylation is 2. The van der Waals surface area contributed by atoms with E-state index in [4.69, 9.17) is 21.4 Å². The van der Waals surface area contributed by atoms with Gasteiger partial charge in [-0.25, -0.2) is 4.98 Å². The molecule has 0 saturated carbocycles. The normalized spacial score (nSPS) is 11.0. The van der Waals surface area contributed by atoms with Gasteiger partial charge in [0, 0.05) is 5.69 Å². The van der Waals surface area contributed by atoms with Crippen LogP contribution in [0.2, 0.25) is 0 Å². The van der Waals surface area contributed by atoms with Crippen molar-refractivity contribution in [1.82, 2.24) is 10.3 Å². The molecule has 8 heteroatoms. The number of carbonyl (C=O) groups is 1. The molecule has 4 aromatic carbocycles. The number of hydrogen-bond acceptors (Lipinski definition) is 6. The summed E-state index contributed by atoms with van der Waals surface area (Å²) in [6, 6.07) is 20.0. The number of aromatic hydroxyl groups is 1. The molecule has 7 nitrogen and oxygen atoms in total. The Labute approximate surface area is 212 Å². The lowest BCUT2D eigenvalue weighted by atomic mass is 10.1. The van der Waals surface area contributed by atoms with Gasteiger partial charge < -0.3 is 19.6 Å². The lowest BCUT2D eigenvalue weighted by Gasteiger charge is -2.13. The molecule has 1 heterocycles. The molecule has 1 amide bonds. The van der Waals surface area contributed by atoms with E-state index in [1.54, 1.807) is 18.2 Å². The van der Waals surface area contributed by atoms with E-state index in [9.17, 15) is 9.90 Å². The first-order chi connectivity index (χ1) is 17.3. The molecule has 5 rings (SSSR count). The summed E-state index contributed by atoms with van der Waals surface area (Å²) in [7, 11) is 1.52. The number of nitrogens with zero attached hydrogens (tertiary/aromatic N) is 1. The molecule has 3 N–H and O–H groups in total. The summed E-state index contributed by atoms with van der Waals surface area (Å²) in [5, 5.41) is 18.1. The highest BCUT2D eigenvalue weighted by Crippen LogP contribution is 2.34. The van der Waals surface area contributed by atoms with Gasteiger partial charge in [0.15, 0.2) is 10.7 Å². The predicted molar refractivity (Wildman–Crippen MR) is 145 cm³/mol. The van der Waals surface area contributed by atoms with Gasteiger partial charge in [0.25, 0.3) is 5.91 Å². The Hall–Kier alpha value is -4.43. The van der Waals surface area contributed by atoms with Gasteiger partial charge in [-0.2, -0.15) is 0 Å². The Morgan fingerprint density at radius 3 is 2.47 bits per heavy atom. The molecule has 0 saturated heterocycles. The van der Waals surface area contributed by atoms with E-state index in [1.807, 2.05) is 56.3 Å². The number of oxazole rings is 1. The average Bonchev–Trinajstić information content (AvgIpc) is 3.26. The fourth-order valence-electron chi connectivity index (χ4n) is 3.98. The monoisotopic (exact) mass is 497 g/mol. The summed E-state index contributed by atoms with van der Waals surface area (Å²) >= 11 is 5.38. The molecule has 0 fully saturated rings. The Bertz CT molecular complexity index is 1620. The van der Waals surface area contributed by atoms with Crippen LogP contribution in [0.15, 0.2) is 71.1 Å². The predicted octanol–water partition coefficient (Wildman–Crippen LogP) is 6.11. The third-order valence-corrected chi connectivity index (χ3v) is 6.23. The Morgan fingerprint density at radius 1 is 1.00 bits per heavy atom. The highest BCUT2D eigenvalue weighted by molar-refractivity contribution is 7.80. The highest BCUT2D eigenvalue weighted by Gasteiger charge is 2.17. The van der Waals surface area contributed by atoms with Crippen molar-refractivity contribution in [2.75, 3.05) is 12.4 Å². The number of carbonyl (C=O) groups excluding carboxylic acids is 1. The molecule has 0 aliphatic rings. The van der Waals surface area contributed by atoms with E-state index in [-0.39, 0.29) is 16.8 Å². The lowest BCUT2D eigenvalue weighted by molar-refractivity contribution is 0.0975. The number of thiocarbonyl (C=S) groups is 1. The number of phenols is 1. The fraction of sp³-hybridized carbons (Fsp3) is 0.107. The molecule has 5 aromatic rings. The smallest absolute Gasteiger partial charge is 0.261 e. The van der Waals surface area contributed by atoms with Crippen LogP contribution in [0, 0.1) is 13.8 Å². The first-order valence-corrected chi connectivity index (χ1v) is 11.6. The Morgan fingerprint density at radius 2 is 1.72 bits per heavy atom. The summed E-state index contributed by atoms with van der Waals surface area (Å²) in [6.07, 6.45) is 0. The van der Waals surface area contributed by atoms with Crippen LogP contribution in [-0.2, 0) is 0 Å².